The molecule has 0 aromatic heterocycles. The van der Waals surface area contributed by atoms with Crippen LogP contribution in [0, 0.1) is 22.9 Å². The Bertz CT molecular complexity index is 431. The zero-order chi connectivity index (χ0) is 13.7. The average Bonchev–Trinajstić information content (AvgIpc) is 2.30. The highest BCUT2D eigenvalue weighted by Crippen LogP contribution is 2.31. The predicted molar refractivity (Wildman–Crippen MR) is 70.4 cm³/mol. The largest absolute Gasteiger partial charge is 0.377 e. The van der Waals surface area contributed by atoms with E-state index in [4.69, 9.17) is 0 Å². The Balaban J connectivity index is 0.000000771. The van der Waals surface area contributed by atoms with Gasteiger partial charge in [-0.1, -0.05) is 13.8 Å². The number of nitrogens with zero attached hydrogens (tertiary/aromatic N) is 1. The second kappa shape index (κ2) is 6.33. The van der Waals surface area contributed by atoms with Crippen LogP contribution in [0.3, 0.4) is 0 Å². The molecule has 0 aliphatic heterocycles. The molecule has 1 fully saturated rings. The number of benzene rings is 1. The van der Waals surface area contributed by atoms with Gasteiger partial charge in [-0.25, -0.2) is 4.39 Å². The van der Waals surface area contributed by atoms with E-state index < -0.39 is 10.7 Å². The molecule has 5 heteroatoms. The molecule has 4 nitrogen and oxygen atoms in total. The molecule has 0 amide bonds. The molecule has 100 valence electrons. The van der Waals surface area contributed by atoms with Gasteiger partial charge in [-0.15, -0.1) is 0 Å². The smallest absolute Gasteiger partial charge is 0.292 e. The van der Waals surface area contributed by atoms with Crippen molar-refractivity contribution >= 4 is 11.4 Å². The summed E-state index contributed by atoms with van der Waals surface area (Å²) < 4.78 is 13.3. The van der Waals surface area contributed by atoms with Crippen molar-refractivity contribution in [1.29, 1.82) is 0 Å². The molecule has 0 heterocycles. The van der Waals surface area contributed by atoms with Crippen LogP contribution < -0.4 is 5.32 Å². The maximum absolute atomic E-state index is 13.3. The maximum atomic E-state index is 13.3. The van der Waals surface area contributed by atoms with E-state index in [1.54, 1.807) is 0 Å². The third-order valence-electron chi connectivity index (χ3n) is 2.94. The van der Waals surface area contributed by atoms with Gasteiger partial charge in [0.15, 0.2) is 0 Å². The molecule has 0 unspecified atom stereocenters. The van der Waals surface area contributed by atoms with Crippen molar-refractivity contribution in [2.24, 2.45) is 0 Å². The van der Waals surface area contributed by atoms with Gasteiger partial charge < -0.3 is 5.32 Å². The van der Waals surface area contributed by atoms with E-state index in [1.807, 2.05) is 13.8 Å². The summed E-state index contributed by atoms with van der Waals surface area (Å²) in [4.78, 5) is 10.3. The average molecular weight is 254 g/mol. The van der Waals surface area contributed by atoms with E-state index in [9.17, 15) is 14.5 Å². The Morgan fingerprint density at radius 1 is 1.39 bits per heavy atom. The van der Waals surface area contributed by atoms with Crippen LogP contribution in [-0.2, 0) is 0 Å². The lowest BCUT2D eigenvalue weighted by atomic mass is 9.93. The first-order chi connectivity index (χ1) is 8.58. The predicted octanol–water partition coefficient (Wildman–Crippen LogP) is 4.03. The zero-order valence-electron chi connectivity index (χ0n) is 11.0. The second-order valence-corrected chi connectivity index (χ2v) is 4.15. The minimum atomic E-state index is -0.479. The summed E-state index contributed by atoms with van der Waals surface area (Å²) >= 11 is 0. The van der Waals surface area contributed by atoms with Gasteiger partial charge in [0.25, 0.3) is 5.69 Å². The highest BCUT2D eigenvalue weighted by atomic mass is 19.1. The van der Waals surface area contributed by atoms with Gasteiger partial charge in [0.1, 0.15) is 11.5 Å². The number of anilines is 1. The third-order valence-corrected chi connectivity index (χ3v) is 2.94. The fourth-order valence-corrected chi connectivity index (χ4v) is 1.71. The Hall–Kier alpha value is -1.65. The Labute approximate surface area is 106 Å². The summed E-state index contributed by atoms with van der Waals surface area (Å²) in [6.07, 6.45) is 3.11. The molecule has 1 N–H and O–H groups in total. The minimum Gasteiger partial charge on any atom is -0.377 e. The molecule has 0 bridgehead atoms. The van der Waals surface area contributed by atoms with Gasteiger partial charge in [0.2, 0.25) is 0 Å². The Morgan fingerprint density at radius 2 is 2.00 bits per heavy atom. The monoisotopic (exact) mass is 254 g/mol. The molecule has 1 aromatic rings. The number of hydrogen-bond acceptors (Lipinski definition) is 3. The first-order valence-electron chi connectivity index (χ1n) is 6.29. The summed E-state index contributed by atoms with van der Waals surface area (Å²) in [5.41, 5.74) is 0.537. The van der Waals surface area contributed by atoms with Gasteiger partial charge in [-0.05, 0) is 31.7 Å². The van der Waals surface area contributed by atoms with Crippen molar-refractivity contribution in [3.8, 4) is 0 Å². The van der Waals surface area contributed by atoms with Crippen molar-refractivity contribution in [3.63, 3.8) is 0 Å². The molecule has 1 saturated carbocycles. The summed E-state index contributed by atoms with van der Waals surface area (Å²) in [5.74, 6) is -0.410. The molecule has 0 radical (unpaired) electrons. The lowest BCUT2D eigenvalue weighted by molar-refractivity contribution is -0.384. The van der Waals surface area contributed by atoms with Crippen LogP contribution in [-0.4, -0.2) is 11.0 Å². The van der Waals surface area contributed by atoms with Gasteiger partial charge >= 0.3 is 0 Å². The molecule has 1 aliphatic rings. The Morgan fingerprint density at radius 3 is 2.44 bits per heavy atom. The molecule has 1 aromatic carbocycles. The van der Waals surface area contributed by atoms with Crippen LogP contribution in [0.15, 0.2) is 12.1 Å². The molecular weight excluding hydrogens is 235 g/mol. The van der Waals surface area contributed by atoms with Gasteiger partial charge in [0.05, 0.1) is 4.92 Å². The van der Waals surface area contributed by atoms with E-state index in [0.29, 0.717) is 5.56 Å². The topological polar surface area (TPSA) is 55.2 Å². The normalized spacial score (nSPS) is 14.2. The van der Waals surface area contributed by atoms with Crippen LogP contribution in [0.25, 0.3) is 0 Å². The maximum Gasteiger partial charge on any atom is 0.292 e. The van der Waals surface area contributed by atoms with Crippen LogP contribution in [0.1, 0.15) is 38.7 Å². The lowest BCUT2D eigenvalue weighted by Gasteiger charge is -2.27. The van der Waals surface area contributed by atoms with Crippen molar-refractivity contribution in [2.75, 3.05) is 5.32 Å². The summed E-state index contributed by atoms with van der Waals surface area (Å²) in [5, 5.41) is 13.8. The summed E-state index contributed by atoms with van der Waals surface area (Å²) in [7, 11) is 0. The number of nitro groups is 1. The number of nitrogens with one attached hydrogen (secondary N) is 1. The second-order valence-electron chi connectivity index (χ2n) is 4.15. The lowest BCUT2D eigenvalue weighted by Crippen LogP contribution is -2.27. The zero-order valence-corrected chi connectivity index (χ0v) is 11.0. The first-order valence-corrected chi connectivity index (χ1v) is 6.29. The minimum absolute atomic E-state index is 0.0502. The molecule has 18 heavy (non-hydrogen) atoms. The molecule has 1 aliphatic carbocycles. The SMILES string of the molecule is CC.Cc1cc([N+](=O)[O-])c(NC2CCC2)cc1F. The molecular formula is C13H19FN2O2. The van der Waals surface area contributed by atoms with Crippen LogP contribution >= 0.6 is 0 Å². The fraction of sp³-hybridized carbons (Fsp3) is 0.538. The number of aryl methyl sites for hydroxylation is 1. The molecule has 0 spiro atoms. The summed E-state index contributed by atoms with van der Waals surface area (Å²) in [6.45, 7) is 5.52. The van der Waals surface area contributed by atoms with E-state index in [2.05, 4.69) is 5.32 Å². The number of rotatable bonds is 3. The highest BCUT2D eigenvalue weighted by molar-refractivity contribution is 5.63. The summed E-state index contributed by atoms with van der Waals surface area (Å²) in [6, 6.07) is 2.74. The van der Waals surface area contributed by atoms with E-state index in [1.165, 1.54) is 19.1 Å². The van der Waals surface area contributed by atoms with Crippen LogP contribution in [0.4, 0.5) is 15.8 Å². The van der Waals surface area contributed by atoms with E-state index >= 15 is 0 Å². The third kappa shape index (κ3) is 3.18. The van der Waals surface area contributed by atoms with Crippen molar-refractivity contribution in [1.82, 2.24) is 0 Å². The van der Waals surface area contributed by atoms with Crippen molar-refractivity contribution in [2.45, 2.75) is 46.1 Å². The van der Waals surface area contributed by atoms with Gasteiger partial charge in [-0.2, -0.15) is 0 Å². The van der Waals surface area contributed by atoms with Crippen LogP contribution in [0.5, 0.6) is 0 Å². The fourth-order valence-electron chi connectivity index (χ4n) is 1.71. The van der Waals surface area contributed by atoms with Gasteiger partial charge in [-0.3, -0.25) is 10.1 Å². The van der Waals surface area contributed by atoms with E-state index in [-0.39, 0.29) is 17.4 Å². The standard InChI is InChI=1S/C11H13FN2O2.C2H6/c1-7-5-11(14(15)16)10(6-9(7)12)13-8-3-2-4-8;1-2/h5-6,8,13H,2-4H2,1H3;1-2H3. The molecule has 2 rings (SSSR count). The van der Waals surface area contributed by atoms with E-state index in [0.717, 1.165) is 19.3 Å². The van der Waals surface area contributed by atoms with Crippen LogP contribution in [0.2, 0.25) is 0 Å². The molecule has 0 atom stereocenters. The quantitative estimate of drug-likeness (QED) is 0.654. The highest BCUT2D eigenvalue weighted by Gasteiger charge is 2.22. The number of halogens is 1. The van der Waals surface area contributed by atoms with Crippen molar-refractivity contribution in [3.05, 3.63) is 33.6 Å². The number of nitro benzene ring substituents is 1. The molecule has 0 saturated heterocycles. The van der Waals surface area contributed by atoms with Gasteiger partial charge in [0, 0.05) is 18.2 Å². The number of hydrogen-bond donors (Lipinski definition) is 1. The van der Waals surface area contributed by atoms with Crippen molar-refractivity contribution < 1.29 is 9.31 Å². The first kappa shape index (κ1) is 14.4. The Kier molecular flexibility index (Phi) is 5.07.